The van der Waals surface area contributed by atoms with Gasteiger partial charge in [0.1, 0.15) is 4.32 Å². The lowest BCUT2D eigenvalue weighted by Crippen LogP contribution is -2.38. The summed E-state index contributed by atoms with van der Waals surface area (Å²) in [4.78, 5) is 0. The van der Waals surface area contributed by atoms with Crippen LogP contribution in [0.3, 0.4) is 0 Å². The van der Waals surface area contributed by atoms with Gasteiger partial charge < -0.3 is 5.32 Å². The molecule has 2 atom stereocenters. The van der Waals surface area contributed by atoms with Crippen LogP contribution in [0, 0.1) is 0 Å². The fraction of sp³-hybridized carbons (Fsp3) is 0.889. The minimum atomic E-state index is -2.98. The summed E-state index contributed by atoms with van der Waals surface area (Å²) in [7, 11) is -2.98. The Morgan fingerprint density at radius 3 is 2.75 bits per heavy atom. The lowest BCUT2D eigenvalue weighted by Gasteiger charge is -2.15. The van der Waals surface area contributed by atoms with Gasteiger partial charge in [-0.1, -0.05) is 37.3 Å². The second kappa shape index (κ2) is 6.42. The van der Waals surface area contributed by atoms with Gasteiger partial charge in [0.15, 0.2) is 9.84 Å². The van der Waals surface area contributed by atoms with Crippen LogP contribution in [0.1, 0.15) is 19.8 Å². The topological polar surface area (TPSA) is 46.2 Å². The molecule has 0 aromatic rings. The Kier molecular flexibility index (Phi) is 5.84. The van der Waals surface area contributed by atoms with Gasteiger partial charge in [0.05, 0.1) is 22.9 Å². The average molecular weight is 302 g/mol. The number of nitrogens with one attached hydrogen (secondary N) is 1. The summed E-state index contributed by atoms with van der Waals surface area (Å²) < 4.78 is 23.3. The van der Waals surface area contributed by atoms with E-state index in [4.69, 9.17) is 23.8 Å². The fourth-order valence-corrected chi connectivity index (χ4v) is 5.24. The van der Waals surface area contributed by atoms with Crippen molar-refractivity contribution in [2.75, 3.05) is 17.3 Å². The Morgan fingerprint density at radius 2 is 2.25 bits per heavy atom. The van der Waals surface area contributed by atoms with Gasteiger partial charge in [-0.2, -0.15) is 0 Å². The molecule has 1 N–H and O–H groups in total. The number of sulfone groups is 1. The van der Waals surface area contributed by atoms with E-state index in [1.807, 2.05) is 0 Å². The van der Waals surface area contributed by atoms with Crippen LogP contribution in [0.15, 0.2) is 0 Å². The zero-order valence-corrected chi connectivity index (χ0v) is 12.3. The van der Waals surface area contributed by atoms with Gasteiger partial charge in [0.25, 0.3) is 0 Å². The highest BCUT2D eigenvalue weighted by molar-refractivity contribution is 8.22. The van der Waals surface area contributed by atoms with E-state index in [1.54, 1.807) is 11.8 Å². The summed E-state index contributed by atoms with van der Waals surface area (Å²) in [5.74, 6) is 1.11. The van der Waals surface area contributed by atoms with Crippen molar-refractivity contribution in [1.82, 2.24) is 5.32 Å². The van der Waals surface area contributed by atoms with E-state index < -0.39 is 9.84 Å². The normalized spacial score (nSPS) is 27.9. The zero-order valence-electron chi connectivity index (χ0n) is 9.11. The Morgan fingerprint density at radius 1 is 1.56 bits per heavy atom. The Balaban J connectivity index is 2.35. The van der Waals surface area contributed by atoms with E-state index in [1.165, 1.54) is 0 Å². The van der Waals surface area contributed by atoms with Gasteiger partial charge in [-0.15, -0.1) is 11.6 Å². The maximum Gasteiger partial charge on any atom is 0.153 e. The largest absolute Gasteiger partial charge is 0.366 e. The van der Waals surface area contributed by atoms with Gasteiger partial charge in [0, 0.05) is 5.75 Å². The Bertz CT molecular complexity index is 345. The first kappa shape index (κ1) is 14.5. The van der Waals surface area contributed by atoms with E-state index in [0.717, 1.165) is 18.6 Å². The number of alkyl halides is 1. The number of hydrogen-bond donors (Lipinski definition) is 1. The summed E-state index contributed by atoms with van der Waals surface area (Å²) >= 11 is 12.6. The number of unbranched alkanes of at least 4 members (excludes halogenated alkanes) is 1. The lowest BCUT2D eigenvalue weighted by molar-refractivity contribution is 0.600. The number of thioether (sulfide) groups is 1. The molecule has 0 aromatic carbocycles. The van der Waals surface area contributed by atoms with Crippen LogP contribution in [0.25, 0.3) is 0 Å². The third-order valence-corrected chi connectivity index (χ3v) is 6.04. The Hall–Kier alpha value is 0.480. The maximum absolute atomic E-state index is 11.3. The molecule has 0 radical (unpaired) electrons. The standard InChI is InChI=1S/C9H16ClNO2S3/c1-2-3-4-15-9(14)11-8-6-16(12,13)5-7(8)10/h7-8H,2-6H2,1H3,(H,11,14). The zero-order chi connectivity index (χ0) is 12.2. The molecule has 0 saturated carbocycles. The quantitative estimate of drug-likeness (QED) is 0.487. The van der Waals surface area contributed by atoms with Crippen molar-refractivity contribution < 1.29 is 8.42 Å². The molecule has 1 aliphatic heterocycles. The molecule has 1 saturated heterocycles. The molecule has 3 nitrogen and oxygen atoms in total. The van der Waals surface area contributed by atoms with E-state index in [-0.39, 0.29) is 22.9 Å². The van der Waals surface area contributed by atoms with Gasteiger partial charge in [-0.3, -0.25) is 0 Å². The molecule has 1 aliphatic rings. The SMILES string of the molecule is CCCCSC(=S)NC1CS(=O)(=O)CC1Cl. The molecule has 1 rings (SSSR count). The van der Waals surface area contributed by atoms with Gasteiger partial charge in [-0.25, -0.2) is 8.42 Å². The highest BCUT2D eigenvalue weighted by Crippen LogP contribution is 2.19. The van der Waals surface area contributed by atoms with Crippen molar-refractivity contribution in [3.05, 3.63) is 0 Å². The molecule has 0 amide bonds. The van der Waals surface area contributed by atoms with Crippen molar-refractivity contribution in [2.45, 2.75) is 31.2 Å². The van der Waals surface area contributed by atoms with Crippen LogP contribution in [0.2, 0.25) is 0 Å². The number of hydrogen-bond acceptors (Lipinski definition) is 4. The molecule has 0 aromatic heterocycles. The van der Waals surface area contributed by atoms with Crippen molar-refractivity contribution in [3.8, 4) is 0 Å². The van der Waals surface area contributed by atoms with Gasteiger partial charge in [0.2, 0.25) is 0 Å². The first-order chi connectivity index (χ1) is 7.44. The van der Waals surface area contributed by atoms with Crippen molar-refractivity contribution >= 4 is 49.7 Å². The van der Waals surface area contributed by atoms with Crippen LogP contribution >= 0.6 is 35.6 Å². The van der Waals surface area contributed by atoms with Crippen molar-refractivity contribution in [2.24, 2.45) is 0 Å². The van der Waals surface area contributed by atoms with E-state index in [9.17, 15) is 8.42 Å². The molecule has 1 fully saturated rings. The molecular formula is C9H16ClNO2S3. The molecule has 94 valence electrons. The summed E-state index contributed by atoms with van der Waals surface area (Å²) in [6.45, 7) is 2.12. The maximum atomic E-state index is 11.3. The summed E-state index contributed by atoms with van der Waals surface area (Å²) in [5.41, 5.74) is 0. The van der Waals surface area contributed by atoms with Gasteiger partial charge >= 0.3 is 0 Å². The summed E-state index contributed by atoms with van der Waals surface area (Å²) in [6.07, 6.45) is 2.24. The van der Waals surface area contributed by atoms with Crippen LogP contribution in [-0.4, -0.2) is 41.4 Å². The third kappa shape index (κ3) is 4.77. The van der Waals surface area contributed by atoms with Crippen LogP contribution in [0.4, 0.5) is 0 Å². The average Bonchev–Trinajstić information content (AvgIpc) is 2.40. The molecule has 2 unspecified atom stereocenters. The second-order valence-corrected chi connectivity index (χ2v) is 8.32. The number of halogens is 1. The molecule has 0 spiro atoms. The molecule has 1 heterocycles. The number of rotatable bonds is 4. The second-order valence-electron chi connectivity index (χ2n) is 3.83. The first-order valence-electron chi connectivity index (χ1n) is 5.22. The van der Waals surface area contributed by atoms with Crippen LogP contribution in [0.5, 0.6) is 0 Å². The number of thiocarbonyl (C=S) groups is 1. The fourth-order valence-electron chi connectivity index (χ4n) is 1.44. The summed E-state index contributed by atoms with van der Waals surface area (Å²) in [6, 6.07) is -0.228. The monoisotopic (exact) mass is 301 g/mol. The van der Waals surface area contributed by atoms with Crippen molar-refractivity contribution in [1.29, 1.82) is 0 Å². The molecule has 16 heavy (non-hydrogen) atoms. The smallest absolute Gasteiger partial charge is 0.153 e. The molecule has 7 heteroatoms. The van der Waals surface area contributed by atoms with E-state index in [2.05, 4.69) is 12.2 Å². The molecule has 0 aliphatic carbocycles. The van der Waals surface area contributed by atoms with Crippen LogP contribution in [-0.2, 0) is 9.84 Å². The van der Waals surface area contributed by atoms with Crippen LogP contribution < -0.4 is 5.32 Å². The minimum absolute atomic E-state index is 0.0501. The predicted octanol–water partition coefficient (Wildman–Crippen LogP) is 1.80. The first-order valence-corrected chi connectivity index (χ1v) is 8.87. The Labute approximate surface area is 112 Å². The minimum Gasteiger partial charge on any atom is -0.366 e. The molecular weight excluding hydrogens is 286 g/mol. The third-order valence-electron chi connectivity index (χ3n) is 2.32. The predicted molar refractivity (Wildman–Crippen MR) is 75.2 cm³/mol. The van der Waals surface area contributed by atoms with Gasteiger partial charge in [-0.05, 0) is 6.42 Å². The lowest BCUT2D eigenvalue weighted by atomic mass is 10.3. The summed E-state index contributed by atoms with van der Waals surface area (Å²) in [5, 5.41) is 2.66. The molecule has 0 bridgehead atoms. The van der Waals surface area contributed by atoms with E-state index in [0.29, 0.717) is 4.32 Å². The van der Waals surface area contributed by atoms with Crippen molar-refractivity contribution in [3.63, 3.8) is 0 Å². The van der Waals surface area contributed by atoms with E-state index >= 15 is 0 Å². The highest BCUT2D eigenvalue weighted by Gasteiger charge is 2.36. The highest BCUT2D eigenvalue weighted by atomic mass is 35.5.